The van der Waals surface area contributed by atoms with E-state index in [0.29, 0.717) is 15.7 Å². The summed E-state index contributed by atoms with van der Waals surface area (Å²) < 4.78 is 0. The molecule has 1 nitrogen and oxygen atoms in total. The fraction of sp³-hybridized carbons (Fsp3) is 1.00. The molecule has 0 radical (unpaired) electrons. The maximum atomic E-state index is 10.5. The van der Waals surface area contributed by atoms with E-state index in [1.165, 1.54) is 64.2 Å². The lowest BCUT2D eigenvalue weighted by Gasteiger charge is -2.61. The molecule has 0 aliphatic heterocycles. The molecule has 4 saturated carbocycles. The number of hydrogen-bond donors (Lipinski definition) is 1. The van der Waals surface area contributed by atoms with Crippen molar-refractivity contribution in [1.29, 1.82) is 0 Å². The minimum atomic E-state index is -0.124. The highest BCUT2D eigenvalue weighted by molar-refractivity contribution is 9.09. The normalized spacial score (nSPS) is 50.7. The van der Waals surface area contributed by atoms with Gasteiger partial charge in [0, 0.05) is 4.83 Å². The summed E-state index contributed by atoms with van der Waals surface area (Å²) in [5, 5.41) is 10.5. The molecule has 29 heavy (non-hydrogen) atoms. The van der Waals surface area contributed by atoms with Crippen LogP contribution in [0, 0.1) is 52.3 Å². The third-order valence-electron chi connectivity index (χ3n) is 10.8. The third-order valence-corrected chi connectivity index (χ3v) is 11.8. The number of alkyl halides is 1. The molecule has 0 unspecified atom stereocenters. The largest absolute Gasteiger partial charge is 0.392 e. The van der Waals surface area contributed by atoms with E-state index in [2.05, 4.69) is 50.5 Å². The quantitative estimate of drug-likeness (QED) is 0.408. The molecular weight excluding hydrogens is 420 g/mol. The van der Waals surface area contributed by atoms with Crippen LogP contribution in [0.3, 0.4) is 0 Å². The minimum absolute atomic E-state index is 0.124. The van der Waals surface area contributed by atoms with Crippen molar-refractivity contribution in [2.75, 3.05) is 0 Å². The summed E-state index contributed by atoms with van der Waals surface area (Å²) in [7, 11) is 0. The molecule has 1 N–H and O–H groups in total. The molecule has 0 amide bonds. The van der Waals surface area contributed by atoms with E-state index in [9.17, 15) is 5.11 Å². The number of aliphatic hydroxyl groups is 1. The fourth-order valence-electron chi connectivity index (χ4n) is 9.26. The highest BCUT2D eigenvalue weighted by atomic mass is 79.9. The van der Waals surface area contributed by atoms with E-state index in [-0.39, 0.29) is 6.10 Å². The zero-order valence-corrected chi connectivity index (χ0v) is 21.4. The lowest BCUT2D eigenvalue weighted by atomic mass is 9.44. The monoisotopic (exact) mass is 466 g/mol. The molecule has 0 saturated heterocycles. The summed E-state index contributed by atoms with van der Waals surface area (Å²) in [5.41, 5.74) is 1.06. The Labute approximate surface area is 189 Å². The SMILES string of the molecule is CC(C)CCC[C@@H](C)[C@@H]1CC[C@@H]2[C@@H]3CC[C@H]4C[C@H](O)[C@H](Br)C[C@]4(C)[C@@H]3CC[C@@]21C. The molecule has 168 valence electrons. The minimum Gasteiger partial charge on any atom is -0.392 e. The van der Waals surface area contributed by atoms with Gasteiger partial charge in [0.25, 0.3) is 0 Å². The lowest BCUT2D eigenvalue weighted by molar-refractivity contribution is -0.127. The van der Waals surface area contributed by atoms with Gasteiger partial charge in [0.1, 0.15) is 0 Å². The molecule has 0 bridgehead atoms. The maximum Gasteiger partial charge on any atom is 0.0668 e. The van der Waals surface area contributed by atoms with E-state index in [1.54, 1.807) is 0 Å². The first-order valence-corrected chi connectivity index (χ1v) is 13.9. The Kier molecular flexibility index (Phi) is 6.57. The molecule has 4 fully saturated rings. The fourth-order valence-corrected chi connectivity index (χ4v) is 10.2. The van der Waals surface area contributed by atoms with E-state index in [4.69, 9.17) is 0 Å². The predicted octanol–water partition coefficient (Wildman–Crippen LogP) is 7.84. The lowest BCUT2D eigenvalue weighted by Crippen LogP contribution is -2.56. The van der Waals surface area contributed by atoms with Gasteiger partial charge in [-0.15, -0.1) is 0 Å². The number of fused-ring (bicyclic) bond motifs is 5. The van der Waals surface area contributed by atoms with Crippen LogP contribution in [0.5, 0.6) is 0 Å². The second-order valence-electron chi connectivity index (χ2n) is 12.7. The zero-order valence-electron chi connectivity index (χ0n) is 19.8. The highest BCUT2D eigenvalue weighted by Crippen LogP contribution is 2.68. The van der Waals surface area contributed by atoms with Crippen molar-refractivity contribution in [3.05, 3.63) is 0 Å². The standard InChI is InChI=1S/C27H47BrO/c1-17(2)7-6-8-18(3)21-11-12-22-20-10-9-19-15-25(29)24(28)16-27(19,5)23(20)13-14-26(21,22)4/h17-25,29H,6-16H2,1-5H3/t18-,19+,20+,21+,22-,23-,24-,25+,26-,27+/m1/s1. The van der Waals surface area contributed by atoms with E-state index in [1.807, 2.05) is 0 Å². The first-order valence-electron chi connectivity index (χ1n) is 13.0. The Morgan fingerprint density at radius 2 is 1.66 bits per heavy atom. The Balaban J connectivity index is 1.47. The van der Waals surface area contributed by atoms with Crippen LogP contribution in [0.4, 0.5) is 0 Å². The molecule has 2 heteroatoms. The molecule has 4 rings (SSSR count). The van der Waals surface area contributed by atoms with E-state index in [0.717, 1.165) is 47.8 Å². The van der Waals surface area contributed by atoms with Crippen LogP contribution in [0.25, 0.3) is 0 Å². The second kappa shape index (κ2) is 8.42. The average molecular weight is 468 g/mol. The van der Waals surface area contributed by atoms with Crippen molar-refractivity contribution in [2.45, 2.75) is 116 Å². The van der Waals surface area contributed by atoms with Gasteiger partial charge in [0.15, 0.2) is 0 Å². The molecular formula is C27H47BrO. The topological polar surface area (TPSA) is 20.2 Å². The van der Waals surface area contributed by atoms with Crippen LogP contribution < -0.4 is 0 Å². The Bertz CT molecular complexity index is 575. The first kappa shape index (κ1) is 22.6. The van der Waals surface area contributed by atoms with E-state index >= 15 is 0 Å². The van der Waals surface area contributed by atoms with Gasteiger partial charge in [-0.2, -0.15) is 0 Å². The van der Waals surface area contributed by atoms with Crippen molar-refractivity contribution in [2.24, 2.45) is 52.3 Å². The number of rotatable bonds is 5. The highest BCUT2D eigenvalue weighted by Gasteiger charge is 2.61. The third kappa shape index (κ3) is 3.90. The smallest absolute Gasteiger partial charge is 0.0668 e. The van der Waals surface area contributed by atoms with Crippen LogP contribution in [0.15, 0.2) is 0 Å². The molecule has 0 spiro atoms. The summed E-state index contributed by atoms with van der Waals surface area (Å²) >= 11 is 3.85. The zero-order chi connectivity index (χ0) is 21.0. The summed E-state index contributed by atoms with van der Waals surface area (Å²) in [6, 6.07) is 0. The van der Waals surface area contributed by atoms with Gasteiger partial charge in [-0.05, 0) is 104 Å². The molecule has 0 heterocycles. The molecule has 4 aliphatic carbocycles. The molecule has 0 aromatic rings. The number of hydrogen-bond acceptors (Lipinski definition) is 1. The number of aliphatic hydroxyl groups excluding tert-OH is 1. The number of halogens is 1. The van der Waals surface area contributed by atoms with Crippen molar-refractivity contribution < 1.29 is 5.11 Å². The van der Waals surface area contributed by atoms with Crippen LogP contribution >= 0.6 is 15.9 Å². The van der Waals surface area contributed by atoms with Gasteiger partial charge in [-0.1, -0.05) is 69.8 Å². The van der Waals surface area contributed by atoms with Crippen LogP contribution in [-0.4, -0.2) is 16.0 Å². The van der Waals surface area contributed by atoms with Gasteiger partial charge in [0.2, 0.25) is 0 Å². The first-order chi connectivity index (χ1) is 13.7. The van der Waals surface area contributed by atoms with Gasteiger partial charge in [-0.3, -0.25) is 0 Å². The summed E-state index contributed by atoms with van der Waals surface area (Å²) in [5.74, 6) is 6.31. The Morgan fingerprint density at radius 3 is 2.38 bits per heavy atom. The molecule has 10 atom stereocenters. The Morgan fingerprint density at radius 1 is 0.931 bits per heavy atom. The van der Waals surface area contributed by atoms with Gasteiger partial charge < -0.3 is 5.11 Å². The van der Waals surface area contributed by atoms with Gasteiger partial charge >= 0.3 is 0 Å². The van der Waals surface area contributed by atoms with Crippen molar-refractivity contribution in [1.82, 2.24) is 0 Å². The summed E-state index contributed by atoms with van der Waals surface area (Å²) in [4.78, 5) is 0.313. The van der Waals surface area contributed by atoms with Crippen LogP contribution in [0.2, 0.25) is 0 Å². The van der Waals surface area contributed by atoms with E-state index < -0.39 is 0 Å². The van der Waals surface area contributed by atoms with Crippen molar-refractivity contribution in [3.8, 4) is 0 Å². The molecule has 0 aromatic carbocycles. The molecule has 4 aliphatic rings. The predicted molar refractivity (Wildman–Crippen MR) is 127 cm³/mol. The average Bonchev–Trinajstić information content (AvgIpc) is 3.00. The van der Waals surface area contributed by atoms with Gasteiger partial charge in [0.05, 0.1) is 6.10 Å². The Hall–Kier alpha value is 0.440. The van der Waals surface area contributed by atoms with Crippen molar-refractivity contribution >= 4 is 15.9 Å². The maximum absolute atomic E-state index is 10.5. The van der Waals surface area contributed by atoms with Gasteiger partial charge in [-0.25, -0.2) is 0 Å². The summed E-state index contributed by atoms with van der Waals surface area (Å²) in [6.07, 6.45) is 15.1. The van der Waals surface area contributed by atoms with Crippen LogP contribution in [-0.2, 0) is 0 Å². The molecule has 0 aromatic heterocycles. The second-order valence-corrected chi connectivity index (χ2v) is 13.9. The van der Waals surface area contributed by atoms with Crippen molar-refractivity contribution in [3.63, 3.8) is 0 Å². The van der Waals surface area contributed by atoms with Crippen LogP contribution in [0.1, 0.15) is 105 Å². The summed E-state index contributed by atoms with van der Waals surface area (Å²) in [6.45, 7) is 12.6.